The molecule has 2 rings (SSSR count). The number of hydrogen-bond donors (Lipinski definition) is 3. The molecule has 0 aliphatic heterocycles. The van der Waals surface area contributed by atoms with E-state index in [1.165, 1.54) is 6.07 Å². The van der Waals surface area contributed by atoms with E-state index in [1.807, 2.05) is 52.0 Å². The van der Waals surface area contributed by atoms with E-state index < -0.39 is 10.1 Å². The van der Waals surface area contributed by atoms with Crippen LogP contribution in [-0.2, 0) is 10.1 Å². The molecule has 3 N–H and O–H groups in total. The predicted octanol–water partition coefficient (Wildman–Crippen LogP) is 3.57. The normalized spacial score (nSPS) is 11.4. The molecular weight excluding hydrogens is 382 g/mol. The first-order valence-corrected chi connectivity index (χ1v) is 10.4. The van der Waals surface area contributed by atoms with E-state index in [0.29, 0.717) is 23.3 Å². The van der Waals surface area contributed by atoms with Gasteiger partial charge in [-0.2, -0.15) is 8.42 Å². The number of ketones is 1. The lowest BCUT2D eigenvalue weighted by molar-refractivity contribution is 0.0981. The van der Waals surface area contributed by atoms with Gasteiger partial charge in [-0.25, -0.2) is 0 Å². The van der Waals surface area contributed by atoms with Crippen molar-refractivity contribution in [1.29, 1.82) is 0 Å². The molecule has 0 heterocycles. The SMILES string of the molecule is CS(=O)(=O)O.Cc1ccc(Oc2ccc(C(=O)CNC(C)(C)C)cc2O)cc1. The van der Waals surface area contributed by atoms with E-state index in [0.717, 1.165) is 5.56 Å². The van der Waals surface area contributed by atoms with Gasteiger partial charge in [-0.15, -0.1) is 0 Å². The number of aromatic hydroxyl groups is 1. The van der Waals surface area contributed by atoms with Crippen LogP contribution in [0, 0.1) is 6.92 Å². The predicted molar refractivity (Wildman–Crippen MR) is 109 cm³/mol. The number of carbonyl (C=O) groups is 1. The molecule has 0 saturated heterocycles. The molecule has 0 spiro atoms. The Morgan fingerprint density at radius 2 is 1.64 bits per heavy atom. The molecule has 0 unspecified atom stereocenters. The van der Waals surface area contributed by atoms with Crippen molar-refractivity contribution in [2.75, 3.05) is 12.8 Å². The number of rotatable bonds is 5. The van der Waals surface area contributed by atoms with Gasteiger partial charge >= 0.3 is 0 Å². The van der Waals surface area contributed by atoms with Crippen LogP contribution in [-0.4, -0.2) is 42.2 Å². The zero-order valence-corrected chi connectivity index (χ0v) is 17.5. The van der Waals surface area contributed by atoms with Crippen LogP contribution < -0.4 is 10.1 Å². The van der Waals surface area contributed by atoms with Crippen molar-refractivity contribution in [2.24, 2.45) is 0 Å². The van der Waals surface area contributed by atoms with Crippen molar-refractivity contribution in [3.05, 3.63) is 53.6 Å². The minimum absolute atomic E-state index is 0.0489. The van der Waals surface area contributed by atoms with Crippen molar-refractivity contribution in [2.45, 2.75) is 33.2 Å². The quantitative estimate of drug-likeness (QED) is 0.511. The molecule has 154 valence electrons. The summed E-state index contributed by atoms with van der Waals surface area (Å²) in [6, 6.07) is 12.2. The molecule has 0 radical (unpaired) electrons. The summed E-state index contributed by atoms with van der Waals surface area (Å²) in [5.41, 5.74) is 1.45. The Kier molecular flexibility index (Phi) is 8.16. The molecule has 7 nitrogen and oxygen atoms in total. The topological polar surface area (TPSA) is 113 Å². The lowest BCUT2D eigenvalue weighted by atomic mass is 10.1. The molecule has 0 atom stereocenters. The Bertz CT molecular complexity index is 891. The highest BCUT2D eigenvalue weighted by Crippen LogP contribution is 2.31. The summed E-state index contributed by atoms with van der Waals surface area (Å²) in [5.74, 6) is 0.845. The smallest absolute Gasteiger partial charge is 0.261 e. The van der Waals surface area contributed by atoms with Crippen molar-refractivity contribution < 1.29 is 27.6 Å². The molecule has 0 aromatic heterocycles. The van der Waals surface area contributed by atoms with E-state index in [9.17, 15) is 18.3 Å². The van der Waals surface area contributed by atoms with Gasteiger partial charge in [0.15, 0.2) is 17.3 Å². The maximum Gasteiger partial charge on any atom is 0.261 e. The Morgan fingerprint density at radius 3 is 2.11 bits per heavy atom. The van der Waals surface area contributed by atoms with Gasteiger partial charge in [0.1, 0.15) is 5.75 Å². The van der Waals surface area contributed by atoms with E-state index in [4.69, 9.17) is 9.29 Å². The molecule has 2 aromatic carbocycles. The van der Waals surface area contributed by atoms with Gasteiger partial charge in [0, 0.05) is 11.1 Å². The lowest BCUT2D eigenvalue weighted by Gasteiger charge is -2.19. The van der Waals surface area contributed by atoms with Gasteiger partial charge in [-0.3, -0.25) is 9.35 Å². The number of Topliss-reactive ketones (excluding diaryl/α,β-unsaturated/α-hetero) is 1. The molecule has 0 fully saturated rings. The average Bonchev–Trinajstić information content (AvgIpc) is 2.54. The van der Waals surface area contributed by atoms with Gasteiger partial charge in [0.25, 0.3) is 10.1 Å². The highest BCUT2D eigenvalue weighted by Gasteiger charge is 2.14. The molecule has 0 bridgehead atoms. The summed E-state index contributed by atoms with van der Waals surface area (Å²) >= 11 is 0. The second kappa shape index (κ2) is 9.68. The zero-order valence-electron chi connectivity index (χ0n) is 16.7. The fourth-order valence-electron chi connectivity index (χ4n) is 1.96. The first-order chi connectivity index (χ1) is 12.7. The fourth-order valence-corrected chi connectivity index (χ4v) is 1.96. The molecule has 2 aromatic rings. The van der Waals surface area contributed by atoms with Crippen LogP contribution in [0.15, 0.2) is 42.5 Å². The third-order valence-corrected chi connectivity index (χ3v) is 3.31. The number of nitrogens with one attached hydrogen (secondary N) is 1. The van der Waals surface area contributed by atoms with Crippen LogP contribution >= 0.6 is 0 Å². The number of benzene rings is 2. The zero-order chi connectivity index (χ0) is 21.5. The summed E-state index contributed by atoms with van der Waals surface area (Å²) in [6.45, 7) is 8.21. The Morgan fingerprint density at radius 1 is 1.11 bits per heavy atom. The number of ether oxygens (including phenoxy) is 1. The first-order valence-electron chi connectivity index (χ1n) is 8.53. The molecule has 0 amide bonds. The van der Waals surface area contributed by atoms with E-state index in [1.54, 1.807) is 12.1 Å². The Balaban J connectivity index is 0.000000696. The summed E-state index contributed by atoms with van der Waals surface area (Å²) in [6.07, 6.45) is 0.715. The number of phenolic OH excluding ortho intramolecular Hbond substituents is 1. The van der Waals surface area contributed by atoms with Crippen LogP contribution in [0.3, 0.4) is 0 Å². The summed E-state index contributed by atoms with van der Waals surface area (Å²) in [5, 5.41) is 13.2. The van der Waals surface area contributed by atoms with E-state index >= 15 is 0 Å². The standard InChI is InChI=1S/C19H23NO3.CH4O3S/c1-13-5-8-15(9-6-13)23-18-10-7-14(11-16(18)21)17(22)12-20-19(2,3)4;1-5(2,3)4/h5-11,20-21H,12H2,1-4H3;1H3,(H,2,3,4). The summed E-state index contributed by atoms with van der Waals surface area (Å²) in [7, 11) is -3.67. The van der Waals surface area contributed by atoms with Crippen LogP contribution in [0.5, 0.6) is 17.2 Å². The maximum atomic E-state index is 12.1. The summed E-state index contributed by atoms with van der Waals surface area (Å²) in [4.78, 5) is 12.1. The number of carbonyl (C=O) groups excluding carboxylic acids is 1. The monoisotopic (exact) mass is 409 g/mol. The first kappa shape index (κ1) is 23.6. The molecule has 28 heavy (non-hydrogen) atoms. The van der Waals surface area contributed by atoms with Gasteiger partial charge in [0.2, 0.25) is 0 Å². The van der Waals surface area contributed by atoms with Crippen molar-refractivity contribution in [3.63, 3.8) is 0 Å². The maximum absolute atomic E-state index is 12.1. The van der Waals surface area contributed by atoms with E-state index in [2.05, 4.69) is 5.32 Å². The van der Waals surface area contributed by atoms with Crippen LogP contribution in [0.4, 0.5) is 0 Å². The van der Waals surface area contributed by atoms with Crippen molar-refractivity contribution >= 4 is 15.9 Å². The molecule has 8 heteroatoms. The Hall–Kier alpha value is -2.42. The van der Waals surface area contributed by atoms with Crippen LogP contribution in [0.2, 0.25) is 0 Å². The third-order valence-electron chi connectivity index (χ3n) is 3.31. The van der Waals surface area contributed by atoms with Crippen LogP contribution in [0.1, 0.15) is 36.7 Å². The minimum atomic E-state index is -3.67. The van der Waals surface area contributed by atoms with Gasteiger partial charge in [0.05, 0.1) is 12.8 Å². The van der Waals surface area contributed by atoms with Gasteiger partial charge in [-0.05, 0) is 58.0 Å². The average molecular weight is 410 g/mol. The van der Waals surface area contributed by atoms with Crippen molar-refractivity contribution in [3.8, 4) is 17.2 Å². The molecule has 0 aliphatic carbocycles. The second-order valence-electron chi connectivity index (χ2n) is 7.36. The number of aryl methyl sites for hydroxylation is 1. The highest BCUT2D eigenvalue weighted by molar-refractivity contribution is 7.85. The summed E-state index contributed by atoms with van der Waals surface area (Å²) < 4.78 is 31.5. The van der Waals surface area contributed by atoms with Crippen LogP contribution in [0.25, 0.3) is 0 Å². The van der Waals surface area contributed by atoms with Gasteiger partial charge in [-0.1, -0.05) is 17.7 Å². The lowest BCUT2D eigenvalue weighted by Crippen LogP contribution is -2.39. The molecule has 0 saturated carbocycles. The third kappa shape index (κ3) is 10.1. The van der Waals surface area contributed by atoms with Crippen molar-refractivity contribution in [1.82, 2.24) is 5.32 Å². The van der Waals surface area contributed by atoms with E-state index in [-0.39, 0.29) is 23.6 Å². The largest absolute Gasteiger partial charge is 0.504 e. The van der Waals surface area contributed by atoms with Gasteiger partial charge < -0.3 is 15.2 Å². The highest BCUT2D eigenvalue weighted by atomic mass is 32.2. The number of phenols is 1. The second-order valence-corrected chi connectivity index (χ2v) is 8.82. The fraction of sp³-hybridized carbons (Fsp3) is 0.350. The number of hydrogen-bond acceptors (Lipinski definition) is 6. The minimum Gasteiger partial charge on any atom is -0.504 e. The Labute approximate surface area is 166 Å². The molecular formula is C20H27NO6S. The molecule has 0 aliphatic rings.